The number of nitrogens with one attached hydrogen (secondary N) is 2. The first-order valence-corrected chi connectivity index (χ1v) is 8.75. The van der Waals surface area contributed by atoms with Crippen LogP contribution < -0.4 is 10.6 Å². The normalized spacial score (nSPS) is 16.8. The lowest BCUT2D eigenvalue weighted by molar-refractivity contribution is 0.0732. The van der Waals surface area contributed by atoms with Crippen LogP contribution >= 0.6 is 15.9 Å². The zero-order valence-electron chi connectivity index (χ0n) is 13.8. The fraction of sp³-hybridized carbons (Fsp3) is 0.588. The molecule has 0 saturated heterocycles. The van der Waals surface area contributed by atoms with Crippen molar-refractivity contribution in [2.24, 2.45) is 10.4 Å². The van der Waals surface area contributed by atoms with Crippen LogP contribution in [0.25, 0.3) is 0 Å². The quantitative estimate of drug-likeness (QED) is 0.557. The van der Waals surface area contributed by atoms with Crippen molar-refractivity contribution in [3.8, 4) is 0 Å². The maximum Gasteiger partial charge on any atom is 0.191 e. The molecule has 0 aromatic heterocycles. The molecule has 0 unspecified atom stereocenters. The molecule has 1 aliphatic carbocycles. The summed E-state index contributed by atoms with van der Waals surface area (Å²) >= 11 is 3.16. The Balaban J connectivity index is 1.82. The second kappa shape index (κ2) is 8.64. The van der Waals surface area contributed by atoms with Crippen LogP contribution in [-0.2, 0) is 11.3 Å². The Bertz CT molecular complexity index is 547. The lowest BCUT2D eigenvalue weighted by Crippen LogP contribution is -2.46. The molecule has 0 bridgehead atoms. The summed E-state index contributed by atoms with van der Waals surface area (Å²) in [4.78, 5) is 4.25. The highest BCUT2D eigenvalue weighted by molar-refractivity contribution is 9.10. The van der Waals surface area contributed by atoms with Gasteiger partial charge in [-0.2, -0.15) is 0 Å². The fourth-order valence-electron chi connectivity index (χ4n) is 2.84. The Labute approximate surface area is 146 Å². The molecule has 23 heavy (non-hydrogen) atoms. The third-order valence-electron chi connectivity index (χ3n) is 4.55. The van der Waals surface area contributed by atoms with Gasteiger partial charge in [0.05, 0.1) is 4.47 Å². The molecule has 0 heterocycles. The maximum atomic E-state index is 13.5. The lowest BCUT2D eigenvalue weighted by atomic mass is 9.67. The molecule has 128 valence electrons. The summed E-state index contributed by atoms with van der Waals surface area (Å²) in [7, 11) is 3.50. The molecule has 2 rings (SSSR count). The molecule has 1 saturated carbocycles. The number of methoxy groups -OCH3 is 1. The molecule has 4 nitrogen and oxygen atoms in total. The average Bonchev–Trinajstić information content (AvgIpc) is 2.52. The van der Waals surface area contributed by atoms with Gasteiger partial charge in [-0.3, -0.25) is 4.99 Å². The van der Waals surface area contributed by atoms with E-state index in [-0.39, 0.29) is 5.82 Å². The second-order valence-corrected chi connectivity index (χ2v) is 6.98. The van der Waals surface area contributed by atoms with E-state index in [0.29, 0.717) is 16.4 Å². The van der Waals surface area contributed by atoms with Crippen molar-refractivity contribution < 1.29 is 9.13 Å². The number of hydrogen-bond acceptors (Lipinski definition) is 2. The smallest absolute Gasteiger partial charge is 0.191 e. The fourth-order valence-corrected chi connectivity index (χ4v) is 3.08. The van der Waals surface area contributed by atoms with Crippen molar-refractivity contribution in [3.05, 3.63) is 34.1 Å². The first kappa shape index (κ1) is 18.2. The van der Waals surface area contributed by atoms with Crippen LogP contribution in [0.15, 0.2) is 27.7 Å². The molecular formula is C17H25BrFN3O. The third-order valence-corrected chi connectivity index (χ3v) is 5.19. The number of rotatable bonds is 7. The summed E-state index contributed by atoms with van der Waals surface area (Å²) in [6.07, 6.45) is 4.83. The molecule has 2 N–H and O–H groups in total. The van der Waals surface area contributed by atoms with Crippen LogP contribution in [0, 0.1) is 11.2 Å². The van der Waals surface area contributed by atoms with E-state index in [1.807, 2.05) is 6.07 Å². The van der Waals surface area contributed by atoms with E-state index in [9.17, 15) is 4.39 Å². The molecule has 0 radical (unpaired) electrons. The summed E-state index contributed by atoms with van der Waals surface area (Å²) < 4.78 is 19.2. The number of benzene rings is 1. The number of nitrogens with zero attached hydrogens (tertiary/aromatic N) is 1. The summed E-state index contributed by atoms with van der Waals surface area (Å²) in [6.45, 7) is 2.23. The molecule has 1 fully saturated rings. The van der Waals surface area contributed by atoms with Gasteiger partial charge in [0.2, 0.25) is 0 Å². The number of aliphatic imine (C=N–C) groups is 1. The first-order valence-electron chi connectivity index (χ1n) is 7.96. The van der Waals surface area contributed by atoms with Gasteiger partial charge in [-0.1, -0.05) is 12.5 Å². The summed E-state index contributed by atoms with van der Waals surface area (Å²) in [6, 6.07) is 5.13. The zero-order chi connectivity index (χ0) is 16.7. The Morgan fingerprint density at radius 3 is 2.74 bits per heavy atom. The predicted octanol–water partition coefficient (Wildman–Crippen LogP) is 3.46. The molecule has 1 aromatic rings. The number of guanidine groups is 1. The van der Waals surface area contributed by atoms with Gasteiger partial charge < -0.3 is 15.4 Å². The predicted molar refractivity (Wildman–Crippen MR) is 95.1 cm³/mol. The molecular weight excluding hydrogens is 361 g/mol. The minimum absolute atomic E-state index is 0.250. The Morgan fingerprint density at radius 1 is 1.39 bits per heavy atom. The van der Waals surface area contributed by atoms with Crippen molar-refractivity contribution in [3.63, 3.8) is 0 Å². The van der Waals surface area contributed by atoms with Crippen molar-refractivity contribution in [2.75, 3.05) is 27.3 Å². The highest BCUT2D eigenvalue weighted by Gasteiger charge is 2.36. The second-order valence-electron chi connectivity index (χ2n) is 6.12. The Kier molecular flexibility index (Phi) is 6.84. The van der Waals surface area contributed by atoms with Gasteiger partial charge in [0.15, 0.2) is 5.96 Å². The Hall–Kier alpha value is -1.14. The van der Waals surface area contributed by atoms with E-state index in [1.54, 1.807) is 20.2 Å². The molecule has 0 aliphatic heterocycles. The molecule has 1 aliphatic rings. The summed E-state index contributed by atoms with van der Waals surface area (Å²) in [5.41, 5.74) is 1.21. The molecule has 0 amide bonds. The molecule has 0 spiro atoms. The van der Waals surface area contributed by atoms with Crippen molar-refractivity contribution >= 4 is 21.9 Å². The van der Waals surface area contributed by atoms with Gasteiger partial charge in [-0.05, 0) is 58.3 Å². The van der Waals surface area contributed by atoms with E-state index >= 15 is 0 Å². The topological polar surface area (TPSA) is 45.7 Å². The average molecular weight is 386 g/mol. The van der Waals surface area contributed by atoms with E-state index in [1.165, 1.54) is 25.3 Å². The molecule has 6 heteroatoms. The van der Waals surface area contributed by atoms with Crippen LogP contribution in [-0.4, -0.2) is 33.3 Å². The SMILES string of the molecule is CN=C(NCc1ccc(Br)c(F)c1)NCC1(CCOC)CCC1. The summed E-state index contributed by atoms with van der Waals surface area (Å²) in [5, 5.41) is 6.63. The van der Waals surface area contributed by atoms with Crippen molar-refractivity contribution in [1.29, 1.82) is 0 Å². The van der Waals surface area contributed by atoms with Crippen molar-refractivity contribution in [2.45, 2.75) is 32.2 Å². The number of halogens is 2. The zero-order valence-corrected chi connectivity index (χ0v) is 15.4. The highest BCUT2D eigenvalue weighted by Crippen LogP contribution is 2.43. The van der Waals surface area contributed by atoms with Crippen LogP contribution in [0.2, 0.25) is 0 Å². The number of hydrogen-bond donors (Lipinski definition) is 2. The standard InChI is InChI=1S/C17H25BrFN3O/c1-20-16(21-11-13-4-5-14(18)15(19)10-13)22-12-17(6-3-7-17)8-9-23-2/h4-5,10H,3,6-9,11-12H2,1-2H3,(H2,20,21,22). The van der Waals surface area contributed by atoms with Gasteiger partial charge in [0, 0.05) is 33.9 Å². The minimum Gasteiger partial charge on any atom is -0.385 e. The van der Waals surface area contributed by atoms with E-state index in [4.69, 9.17) is 4.74 Å². The third kappa shape index (κ3) is 5.18. The van der Waals surface area contributed by atoms with Gasteiger partial charge >= 0.3 is 0 Å². The summed E-state index contributed by atoms with van der Waals surface area (Å²) in [5.74, 6) is 0.497. The van der Waals surface area contributed by atoms with Crippen LogP contribution in [0.1, 0.15) is 31.2 Å². The van der Waals surface area contributed by atoms with Crippen molar-refractivity contribution in [1.82, 2.24) is 10.6 Å². The van der Waals surface area contributed by atoms with Gasteiger partial charge in [0.1, 0.15) is 5.82 Å². The van der Waals surface area contributed by atoms with Gasteiger partial charge in [-0.25, -0.2) is 4.39 Å². The molecule has 0 atom stereocenters. The van der Waals surface area contributed by atoms with E-state index < -0.39 is 0 Å². The van der Waals surface area contributed by atoms with E-state index in [2.05, 4.69) is 31.6 Å². The largest absolute Gasteiger partial charge is 0.385 e. The van der Waals surface area contributed by atoms with Crippen LogP contribution in [0.5, 0.6) is 0 Å². The van der Waals surface area contributed by atoms with Gasteiger partial charge in [-0.15, -0.1) is 0 Å². The first-order chi connectivity index (χ1) is 11.1. The van der Waals surface area contributed by atoms with E-state index in [0.717, 1.165) is 31.1 Å². The maximum absolute atomic E-state index is 13.5. The molecule has 1 aromatic carbocycles. The Morgan fingerprint density at radius 2 is 2.17 bits per heavy atom. The van der Waals surface area contributed by atoms with Crippen LogP contribution in [0.3, 0.4) is 0 Å². The monoisotopic (exact) mass is 385 g/mol. The van der Waals surface area contributed by atoms with Gasteiger partial charge in [0.25, 0.3) is 0 Å². The number of ether oxygens (including phenoxy) is 1. The lowest BCUT2D eigenvalue weighted by Gasteiger charge is -2.42. The van der Waals surface area contributed by atoms with Crippen LogP contribution in [0.4, 0.5) is 4.39 Å². The minimum atomic E-state index is -0.250. The highest BCUT2D eigenvalue weighted by atomic mass is 79.9.